The molecule has 0 fully saturated rings. The van der Waals surface area contributed by atoms with Crippen molar-refractivity contribution in [2.75, 3.05) is 33.4 Å². The Morgan fingerprint density at radius 2 is 2.04 bits per heavy atom. The van der Waals surface area contributed by atoms with Gasteiger partial charge in [-0.15, -0.1) is 0 Å². The maximum atomic E-state index is 12.4. The third kappa shape index (κ3) is 5.17. The summed E-state index contributed by atoms with van der Waals surface area (Å²) in [7, 11) is 1.67. The lowest BCUT2D eigenvalue weighted by molar-refractivity contribution is 0.146. The van der Waals surface area contributed by atoms with Crippen LogP contribution >= 0.6 is 0 Å². The summed E-state index contributed by atoms with van der Waals surface area (Å²) in [6.07, 6.45) is 1.54. The predicted molar refractivity (Wildman–Crippen MR) is 105 cm³/mol. The lowest BCUT2D eigenvalue weighted by Crippen LogP contribution is -2.26. The van der Waals surface area contributed by atoms with E-state index >= 15 is 0 Å². The van der Waals surface area contributed by atoms with Crippen molar-refractivity contribution >= 4 is 0 Å². The second kappa shape index (κ2) is 9.15. The molecule has 0 unspecified atom stereocenters. The van der Waals surface area contributed by atoms with E-state index < -0.39 is 0 Å². The first-order valence-electron chi connectivity index (χ1n) is 9.62. The maximum Gasteiger partial charge on any atom is 0.254 e. The van der Waals surface area contributed by atoms with E-state index in [9.17, 15) is 4.79 Å². The van der Waals surface area contributed by atoms with E-state index in [0.717, 1.165) is 55.3 Å². The molecule has 0 saturated heterocycles. The number of hydrogen-bond acceptors (Lipinski definition) is 5. The van der Waals surface area contributed by atoms with E-state index in [2.05, 4.69) is 35.9 Å². The van der Waals surface area contributed by atoms with E-state index in [-0.39, 0.29) is 11.5 Å². The van der Waals surface area contributed by atoms with Crippen molar-refractivity contribution in [3.05, 3.63) is 57.3 Å². The van der Waals surface area contributed by atoms with Crippen LogP contribution in [0.25, 0.3) is 0 Å². The van der Waals surface area contributed by atoms with Crippen LogP contribution in [0.3, 0.4) is 0 Å². The average molecular weight is 371 g/mol. The number of H-pyrrole nitrogens is 1. The van der Waals surface area contributed by atoms with Crippen LogP contribution in [0.15, 0.2) is 29.1 Å². The molecule has 2 heterocycles. The molecule has 0 radical (unpaired) electrons. The Morgan fingerprint density at radius 3 is 2.81 bits per heavy atom. The molecule has 0 bridgehead atoms. The van der Waals surface area contributed by atoms with E-state index in [1.54, 1.807) is 7.11 Å². The standard InChI is InChI=1S/C21H29N3O3/c1-15(2)20-22-19-8-10-24(9-7-18(19)21(25)23-20)14-16-5-4-6-17(13-16)27-12-11-26-3/h4-6,13,15H,7-12,14H2,1-3H3,(H,22,23,25). The predicted octanol–water partition coefficient (Wildman–Crippen LogP) is 2.52. The minimum atomic E-state index is 0.0269. The first-order chi connectivity index (χ1) is 13.1. The number of aromatic nitrogens is 2. The molecule has 6 heteroatoms. The van der Waals surface area contributed by atoms with Crippen LogP contribution in [0.4, 0.5) is 0 Å². The number of rotatable bonds is 7. The summed E-state index contributed by atoms with van der Waals surface area (Å²) < 4.78 is 10.7. The summed E-state index contributed by atoms with van der Waals surface area (Å²) in [6, 6.07) is 8.18. The quantitative estimate of drug-likeness (QED) is 0.758. The maximum absolute atomic E-state index is 12.4. The van der Waals surface area contributed by atoms with Crippen molar-refractivity contribution in [2.24, 2.45) is 0 Å². The van der Waals surface area contributed by atoms with Crippen molar-refractivity contribution in [1.82, 2.24) is 14.9 Å². The number of nitrogens with one attached hydrogen (secondary N) is 1. The molecular weight excluding hydrogens is 342 g/mol. The van der Waals surface area contributed by atoms with Gasteiger partial charge in [-0.3, -0.25) is 9.69 Å². The summed E-state index contributed by atoms with van der Waals surface area (Å²) in [6.45, 7) is 7.82. The Bertz CT molecular complexity index is 817. The number of nitrogens with zero attached hydrogens (tertiary/aromatic N) is 2. The number of hydrogen-bond donors (Lipinski definition) is 1. The minimum Gasteiger partial charge on any atom is -0.491 e. The van der Waals surface area contributed by atoms with Crippen LogP contribution in [-0.2, 0) is 24.1 Å². The third-order valence-corrected chi connectivity index (χ3v) is 4.87. The molecule has 1 aliphatic rings. The van der Waals surface area contributed by atoms with Gasteiger partial charge in [0.05, 0.1) is 12.3 Å². The molecule has 0 spiro atoms. The van der Waals surface area contributed by atoms with Gasteiger partial charge in [0.25, 0.3) is 5.56 Å². The normalized spacial score (nSPS) is 14.8. The Kier molecular flexibility index (Phi) is 6.63. The molecular formula is C21H29N3O3. The fourth-order valence-electron chi connectivity index (χ4n) is 3.34. The monoisotopic (exact) mass is 371 g/mol. The molecule has 1 aromatic carbocycles. The SMILES string of the molecule is COCCOc1cccc(CN2CCc3nc(C(C)C)[nH]c(=O)c3CC2)c1. The Morgan fingerprint density at radius 1 is 1.22 bits per heavy atom. The van der Waals surface area contributed by atoms with Gasteiger partial charge in [-0.25, -0.2) is 4.98 Å². The average Bonchev–Trinajstić information content (AvgIpc) is 2.85. The molecule has 0 amide bonds. The first kappa shape index (κ1) is 19.6. The number of methoxy groups -OCH3 is 1. The molecule has 0 aliphatic carbocycles. The highest BCUT2D eigenvalue weighted by atomic mass is 16.5. The van der Waals surface area contributed by atoms with Gasteiger partial charge in [0, 0.05) is 44.6 Å². The number of fused-ring (bicyclic) bond motifs is 1. The van der Waals surface area contributed by atoms with Gasteiger partial charge >= 0.3 is 0 Å². The van der Waals surface area contributed by atoms with Gasteiger partial charge in [0.2, 0.25) is 0 Å². The second-order valence-corrected chi connectivity index (χ2v) is 7.30. The van der Waals surface area contributed by atoms with Crippen LogP contribution in [0.2, 0.25) is 0 Å². The molecule has 2 aromatic rings. The highest BCUT2D eigenvalue weighted by Gasteiger charge is 2.19. The summed E-state index contributed by atoms with van der Waals surface area (Å²) in [5.41, 5.74) is 3.04. The zero-order chi connectivity index (χ0) is 19.2. The van der Waals surface area contributed by atoms with Crippen LogP contribution in [0.5, 0.6) is 5.75 Å². The highest BCUT2D eigenvalue weighted by molar-refractivity contribution is 5.29. The molecule has 1 N–H and O–H groups in total. The minimum absolute atomic E-state index is 0.0269. The highest BCUT2D eigenvalue weighted by Crippen LogP contribution is 2.18. The Balaban J connectivity index is 1.66. The van der Waals surface area contributed by atoms with Gasteiger partial charge in [-0.1, -0.05) is 26.0 Å². The second-order valence-electron chi connectivity index (χ2n) is 7.30. The van der Waals surface area contributed by atoms with Crippen LogP contribution in [0, 0.1) is 0 Å². The zero-order valence-corrected chi connectivity index (χ0v) is 16.5. The van der Waals surface area contributed by atoms with Crippen molar-refractivity contribution in [2.45, 2.75) is 39.2 Å². The molecule has 1 aromatic heterocycles. The van der Waals surface area contributed by atoms with Gasteiger partial charge in [0.15, 0.2) is 0 Å². The Labute approximate surface area is 160 Å². The molecule has 3 rings (SSSR count). The topological polar surface area (TPSA) is 67.5 Å². The van der Waals surface area contributed by atoms with Crippen LogP contribution in [0.1, 0.15) is 42.4 Å². The molecule has 1 aliphatic heterocycles. The van der Waals surface area contributed by atoms with Crippen LogP contribution in [-0.4, -0.2) is 48.3 Å². The lowest BCUT2D eigenvalue weighted by Gasteiger charge is -2.20. The van der Waals surface area contributed by atoms with Crippen molar-refractivity contribution in [3.63, 3.8) is 0 Å². The van der Waals surface area contributed by atoms with Crippen molar-refractivity contribution < 1.29 is 9.47 Å². The van der Waals surface area contributed by atoms with E-state index in [1.807, 2.05) is 12.1 Å². The summed E-state index contributed by atoms with van der Waals surface area (Å²) >= 11 is 0. The number of ether oxygens (including phenoxy) is 2. The molecule has 6 nitrogen and oxygen atoms in total. The van der Waals surface area contributed by atoms with E-state index in [4.69, 9.17) is 14.5 Å². The summed E-state index contributed by atoms with van der Waals surface area (Å²) in [5.74, 6) is 1.87. The molecule has 146 valence electrons. The van der Waals surface area contributed by atoms with Gasteiger partial charge in [0.1, 0.15) is 18.2 Å². The molecule has 0 atom stereocenters. The van der Waals surface area contributed by atoms with E-state index in [1.165, 1.54) is 5.56 Å². The zero-order valence-electron chi connectivity index (χ0n) is 16.5. The number of aromatic amines is 1. The lowest BCUT2D eigenvalue weighted by atomic mass is 10.1. The van der Waals surface area contributed by atoms with Crippen molar-refractivity contribution in [3.8, 4) is 5.75 Å². The molecule has 27 heavy (non-hydrogen) atoms. The fraction of sp³-hybridized carbons (Fsp3) is 0.524. The van der Waals surface area contributed by atoms with Gasteiger partial charge < -0.3 is 14.5 Å². The summed E-state index contributed by atoms with van der Waals surface area (Å²) in [5, 5.41) is 0. The van der Waals surface area contributed by atoms with E-state index in [0.29, 0.717) is 13.2 Å². The Hall–Kier alpha value is -2.18. The van der Waals surface area contributed by atoms with Crippen LogP contribution < -0.4 is 10.3 Å². The third-order valence-electron chi connectivity index (χ3n) is 4.87. The van der Waals surface area contributed by atoms with Gasteiger partial charge in [-0.05, 0) is 24.1 Å². The fourth-order valence-corrected chi connectivity index (χ4v) is 3.34. The molecule has 0 saturated carbocycles. The summed E-state index contributed by atoms with van der Waals surface area (Å²) in [4.78, 5) is 22.5. The smallest absolute Gasteiger partial charge is 0.254 e. The number of benzene rings is 1. The largest absolute Gasteiger partial charge is 0.491 e. The van der Waals surface area contributed by atoms with Crippen molar-refractivity contribution in [1.29, 1.82) is 0 Å². The van der Waals surface area contributed by atoms with Gasteiger partial charge in [-0.2, -0.15) is 0 Å². The first-order valence-corrected chi connectivity index (χ1v) is 9.62.